The van der Waals surface area contributed by atoms with E-state index < -0.39 is 0 Å². The zero-order valence-corrected chi connectivity index (χ0v) is 9.85. The Labute approximate surface area is 102 Å². The monoisotopic (exact) mass is 218 g/mol. The first-order valence-electron chi connectivity index (χ1n) is 5.89. The summed E-state index contributed by atoms with van der Waals surface area (Å²) in [5.74, 6) is 0. The molecule has 17 heavy (non-hydrogen) atoms. The second kappa shape index (κ2) is 4.06. The topological polar surface area (TPSA) is 0 Å². The number of rotatable bonds is 1. The molecule has 0 spiro atoms. The third-order valence-electron chi connectivity index (χ3n) is 3.18. The molecule has 0 aromatic heterocycles. The maximum Gasteiger partial charge on any atom is -0.0148 e. The first-order valence-corrected chi connectivity index (χ1v) is 5.89. The molecule has 0 aliphatic heterocycles. The molecular weight excluding hydrogens is 204 g/mol. The number of fused-ring (bicyclic) bond motifs is 1. The van der Waals surface area contributed by atoms with Crippen LogP contribution in [0.4, 0.5) is 0 Å². The fourth-order valence-electron chi connectivity index (χ4n) is 2.28. The zero-order valence-electron chi connectivity index (χ0n) is 9.85. The van der Waals surface area contributed by atoms with Crippen molar-refractivity contribution in [1.29, 1.82) is 0 Å². The summed E-state index contributed by atoms with van der Waals surface area (Å²) >= 11 is 0. The summed E-state index contributed by atoms with van der Waals surface area (Å²) in [7, 11) is 0. The number of hydrogen-bond donors (Lipinski definition) is 0. The maximum absolute atomic E-state index is 2.28. The lowest BCUT2D eigenvalue weighted by Gasteiger charge is -2.08. The van der Waals surface area contributed by atoms with E-state index in [1.807, 2.05) is 0 Å². The minimum absolute atomic E-state index is 1.29. The molecule has 0 aliphatic carbocycles. The average molecular weight is 218 g/mol. The molecule has 3 aromatic carbocycles. The molecule has 0 atom stereocenters. The molecule has 0 heterocycles. The number of hydrogen-bond acceptors (Lipinski definition) is 0. The summed E-state index contributed by atoms with van der Waals surface area (Å²) < 4.78 is 0. The Morgan fingerprint density at radius 1 is 0.647 bits per heavy atom. The smallest absolute Gasteiger partial charge is 0.0148 e. The molecule has 0 saturated carbocycles. The first-order chi connectivity index (χ1) is 8.34. The molecular formula is C17H14. The van der Waals surface area contributed by atoms with Crippen LogP contribution < -0.4 is 0 Å². The van der Waals surface area contributed by atoms with Crippen LogP contribution in [0.25, 0.3) is 21.9 Å². The summed E-state index contributed by atoms with van der Waals surface area (Å²) in [4.78, 5) is 0. The van der Waals surface area contributed by atoms with E-state index >= 15 is 0 Å². The summed E-state index contributed by atoms with van der Waals surface area (Å²) in [6.07, 6.45) is 0. The zero-order chi connectivity index (χ0) is 11.7. The molecule has 0 aliphatic rings. The van der Waals surface area contributed by atoms with Gasteiger partial charge in [-0.05, 0) is 40.5 Å². The van der Waals surface area contributed by atoms with E-state index in [0.717, 1.165) is 0 Å². The van der Waals surface area contributed by atoms with Gasteiger partial charge in [0, 0.05) is 0 Å². The van der Waals surface area contributed by atoms with E-state index in [2.05, 4.69) is 73.7 Å². The van der Waals surface area contributed by atoms with Crippen molar-refractivity contribution in [3.63, 3.8) is 0 Å². The van der Waals surface area contributed by atoms with E-state index in [-0.39, 0.29) is 0 Å². The van der Waals surface area contributed by atoms with Gasteiger partial charge in [0.15, 0.2) is 0 Å². The quantitative estimate of drug-likeness (QED) is 0.549. The molecule has 0 fully saturated rings. The molecule has 0 radical (unpaired) electrons. The molecule has 0 unspecified atom stereocenters. The van der Waals surface area contributed by atoms with Crippen molar-refractivity contribution in [2.24, 2.45) is 0 Å². The highest BCUT2D eigenvalue weighted by Gasteiger charge is 2.03. The van der Waals surface area contributed by atoms with Gasteiger partial charge in [-0.1, -0.05) is 60.7 Å². The minimum atomic E-state index is 1.29. The summed E-state index contributed by atoms with van der Waals surface area (Å²) in [5, 5.41) is 2.61. The molecule has 0 heteroatoms. The van der Waals surface area contributed by atoms with E-state index in [1.165, 1.54) is 27.5 Å². The Bertz CT molecular complexity index is 651. The van der Waals surface area contributed by atoms with Gasteiger partial charge in [-0.25, -0.2) is 0 Å². The summed E-state index contributed by atoms with van der Waals surface area (Å²) in [6, 6.07) is 23.6. The lowest BCUT2D eigenvalue weighted by atomic mass is 9.96. The molecule has 82 valence electrons. The van der Waals surface area contributed by atoms with E-state index in [4.69, 9.17) is 0 Å². The normalized spacial score (nSPS) is 10.6. The number of aryl methyl sites for hydroxylation is 1. The predicted molar refractivity (Wildman–Crippen MR) is 74.1 cm³/mol. The summed E-state index contributed by atoms with van der Waals surface area (Å²) in [6.45, 7) is 2.18. The molecule has 0 saturated heterocycles. The standard InChI is InChI=1S/C17H14/c1-13-11-15-9-5-6-10-16(15)12-17(13)14-7-3-2-4-8-14/h2-12H,1H3. The Morgan fingerprint density at radius 3 is 1.94 bits per heavy atom. The second-order valence-electron chi connectivity index (χ2n) is 4.38. The molecule has 0 N–H and O–H groups in total. The van der Waals surface area contributed by atoms with Gasteiger partial charge in [-0.3, -0.25) is 0 Å². The van der Waals surface area contributed by atoms with Crippen LogP contribution >= 0.6 is 0 Å². The SMILES string of the molecule is Cc1cc2ccccc2cc1-c1ccccc1. The van der Waals surface area contributed by atoms with Gasteiger partial charge in [0.2, 0.25) is 0 Å². The Balaban J connectivity index is 2.27. The lowest BCUT2D eigenvalue weighted by molar-refractivity contribution is 1.48. The van der Waals surface area contributed by atoms with Gasteiger partial charge in [0.1, 0.15) is 0 Å². The van der Waals surface area contributed by atoms with Crippen LogP contribution in [0.2, 0.25) is 0 Å². The van der Waals surface area contributed by atoms with Crippen LogP contribution in [0, 0.1) is 6.92 Å². The van der Waals surface area contributed by atoms with Gasteiger partial charge in [-0.15, -0.1) is 0 Å². The fraction of sp³-hybridized carbons (Fsp3) is 0.0588. The summed E-state index contributed by atoms with van der Waals surface area (Å²) in [5.41, 5.74) is 3.94. The van der Waals surface area contributed by atoms with Crippen LogP contribution in [0.3, 0.4) is 0 Å². The van der Waals surface area contributed by atoms with Crippen molar-refractivity contribution in [3.05, 3.63) is 72.3 Å². The third kappa shape index (κ3) is 1.83. The van der Waals surface area contributed by atoms with Crippen LogP contribution in [0.15, 0.2) is 66.7 Å². The van der Waals surface area contributed by atoms with Crippen molar-refractivity contribution >= 4 is 10.8 Å². The van der Waals surface area contributed by atoms with Gasteiger partial charge in [-0.2, -0.15) is 0 Å². The minimum Gasteiger partial charge on any atom is -0.0622 e. The first kappa shape index (κ1) is 10.1. The molecule has 3 aromatic rings. The van der Waals surface area contributed by atoms with Crippen molar-refractivity contribution in [3.8, 4) is 11.1 Å². The molecule has 3 rings (SSSR count). The van der Waals surface area contributed by atoms with Gasteiger partial charge in [0.25, 0.3) is 0 Å². The molecule has 0 nitrogen and oxygen atoms in total. The Hall–Kier alpha value is -2.08. The van der Waals surface area contributed by atoms with Crippen molar-refractivity contribution in [2.75, 3.05) is 0 Å². The molecule has 0 bridgehead atoms. The fourth-order valence-corrected chi connectivity index (χ4v) is 2.28. The maximum atomic E-state index is 2.28. The third-order valence-corrected chi connectivity index (χ3v) is 3.18. The largest absolute Gasteiger partial charge is 0.0622 e. The highest BCUT2D eigenvalue weighted by atomic mass is 14.1. The van der Waals surface area contributed by atoms with Crippen LogP contribution in [-0.4, -0.2) is 0 Å². The van der Waals surface area contributed by atoms with Crippen LogP contribution in [-0.2, 0) is 0 Å². The van der Waals surface area contributed by atoms with Crippen molar-refractivity contribution in [1.82, 2.24) is 0 Å². The van der Waals surface area contributed by atoms with E-state index in [9.17, 15) is 0 Å². The van der Waals surface area contributed by atoms with Crippen LogP contribution in [0.1, 0.15) is 5.56 Å². The Kier molecular flexibility index (Phi) is 2.41. The highest BCUT2D eigenvalue weighted by molar-refractivity contribution is 5.89. The lowest BCUT2D eigenvalue weighted by Crippen LogP contribution is -1.84. The van der Waals surface area contributed by atoms with Crippen LogP contribution in [0.5, 0.6) is 0 Å². The predicted octanol–water partition coefficient (Wildman–Crippen LogP) is 4.82. The molecule has 0 amide bonds. The van der Waals surface area contributed by atoms with Crippen molar-refractivity contribution < 1.29 is 0 Å². The van der Waals surface area contributed by atoms with E-state index in [0.29, 0.717) is 0 Å². The average Bonchev–Trinajstić information content (AvgIpc) is 2.39. The van der Waals surface area contributed by atoms with Gasteiger partial charge < -0.3 is 0 Å². The van der Waals surface area contributed by atoms with Crippen molar-refractivity contribution in [2.45, 2.75) is 6.92 Å². The van der Waals surface area contributed by atoms with Gasteiger partial charge in [0.05, 0.1) is 0 Å². The number of benzene rings is 3. The highest BCUT2D eigenvalue weighted by Crippen LogP contribution is 2.27. The Morgan fingerprint density at radius 2 is 1.24 bits per heavy atom. The van der Waals surface area contributed by atoms with Gasteiger partial charge >= 0.3 is 0 Å². The van der Waals surface area contributed by atoms with E-state index in [1.54, 1.807) is 0 Å². The second-order valence-corrected chi connectivity index (χ2v) is 4.38.